The highest BCUT2D eigenvalue weighted by atomic mass is 127. The van der Waals surface area contributed by atoms with Crippen LogP contribution in [-0.4, -0.2) is 27.9 Å². The van der Waals surface area contributed by atoms with Gasteiger partial charge >= 0.3 is 0 Å². The molecule has 4 heteroatoms. The van der Waals surface area contributed by atoms with Gasteiger partial charge < -0.3 is 9.64 Å². The van der Waals surface area contributed by atoms with Crippen molar-refractivity contribution < 1.29 is 9.53 Å². The summed E-state index contributed by atoms with van der Waals surface area (Å²) in [6.07, 6.45) is 2.95. The number of benzene rings is 1. The van der Waals surface area contributed by atoms with Crippen molar-refractivity contribution in [2.24, 2.45) is 0 Å². The largest absolute Gasteiger partial charge is 0.494 e. The van der Waals surface area contributed by atoms with E-state index < -0.39 is 0 Å². The van der Waals surface area contributed by atoms with Gasteiger partial charge in [-0.05, 0) is 50.1 Å². The number of hydrogen-bond acceptors (Lipinski definition) is 2. The molecule has 19 heavy (non-hydrogen) atoms. The Kier molecular flexibility index (Phi) is 4.85. The van der Waals surface area contributed by atoms with E-state index in [1.807, 2.05) is 43.0 Å². The number of nitrogens with zero attached hydrogens (tertiary/aromatic N) is 1. The zero-order chi connectivity index (χ0) is 13.8. The number of ether oxygens (including phenoxy) is 1. The van der Waals surface area contributed by atoms with Crippen LogP contribution in [0.1, 0.15) is 25.8 Å². The maximum atomic E-state index is 12.2. The molecule has 3 nitrogen and oxygen atoms in total. The van der Waals surface area contributed by atoms with E-state index in [0.717, 1.165) is 23.4 Å². The monoisotopic (exact) mass is 371 g/mol. The smallest absolute Gasteiger partial charge is 0.240 e. The summed E-state index contributed by atoms with van der Waals surface area (Å²) in [6.45, 7) is 5.35. The normalized spacial score (nSPS) is 19.3. The first kappa shape index (κ1) is 14.4. The van der Waals surface area contributed by atoms with Crippen LogP contribution in [-0.2, 0) is 4.79 Å². The minimum Gasteiger partial charge on any atom is -0.494 e. The van der Waals surface area contributed by atoms with Gasteiger partial charge in [0, 0.05) is 12.2 Å². The predicted octanol–water partition coefficient (Wildman–Crippen LogP) is 3.48. The number of carbonyl (C=O) groups excluding carboxylic acids is 1. The molecule has 0 bridgehead atoms. The van der Waals surface area contributed by atoms with Crippen molar-refractivity contribution in [1.82, 2.24) is 4.90 Å². The maximum absolute atomic E-state index is 12.2. The van der Waals surface area contributed by atoms with E-state index in [1.165, 1.54) is 0 Å². The summed E-state index contributed by atoms with van der Waals surface area (Å²) in [5.41, 5.74) is 2.09. The lowest BCUT2D eigenvalue weighted by atomic mass is 10.0. The lowest BCUT2D eigenvalue weighted by molar-refractivity contribution is -0.127. The Labute approximate surface area is 127 Å². The van der Waals surface area contributed by atoms with Gasteiger partial charge in [0.2, 0.25) is 5.91 Å². The minimum absolute atomic E-state index is 0.0593. The second-order valence-corrected chi connectivity index (χ2v) is 5.84. The van der Waals surface area contributed by atoms with E-state index in [9.17, 15) is 4.79 Å². The first-order valence-corrected chi connectivity index (χ1v) is 7.80. The zero-order valence-electron chi connectivity index (χ0n) is 11.2. The Bertz CT molecular complexity index is 481. The number of amides is 1. The highest BCUT2D eigenvalue weighted by molar-refractivity contribution is 14.1. The third-order valence-corrected chi connectivity index (χ3v) is 4.16. The number of alkyl halides is 1. The molecular weight excluding hydrogens is 353 g/mol. The van der Waals surface area contributed by atoms with Crippen molar-refractivity contribution in [3.8, 4) is 5.75 Å². The molecule has 0 aliphatic carbocycles. The van der Waals surface area contributed by atoms with Crippen molar-refractivity contribution in [3.05, 3.63) is 35.9 Å². The second-order valence-electron chi connectivity index (χ2n) is 4.33. The first-order valence-electron chi connectivity index (χ1n) is 6.56. The number of hydrogen-bond donors (Lipinski definition) is 0. The van der Waals surface area contributed by atoms with E-state index in [2.05, 4.69) is 28.7 Å². The third kappa shape index (κ3) is 3.11. The Morgan fingerprint density at radius 3 is 2.58 bits per heavy atom. The fraction of sp³-hybridized carbons (Fsp3) is 0.400. The van der Waals surface area contributed by atoms with Gasteiger partial charge in [0.05, 0.1) is 10.5 Å². The molecule has 0 fully saturated rings. The summed E-state index contributed by atoms with van der Waals surface area (Å²) in [5.74, 6) is 1.07. The van der Waals surface area contributed by atoms with Crippen molar-refractivity contribution in [3.63, 3.8) is 0 Å². The van der Waals surface area contributed by atoms with Crippen LogP contribution in [0.3, 0.4) is 0 Å². The SMILES string of the molecule is CCOc1ccc(C2=CCC(I)C(=O)N2CC)cc1. The second kappa shape index (κ2) is 6.41. The summed E-state index contributed by atoms with van der Waals surface area (Å²) < 4.78 is 5.50. The average molecular weight is 371 g/mol. The molecule has 1 atom stereocenters. The van der Waals surface area contributed by atoms with Crippen LogP contribution in [0.25, 0.3) is 5.70 Å². The van der Waals surface area contributed by atoms with Crippen LogP contribution in [0.15, 0.2) is 30.3 Å². The fourth-order valence-corrected chi connectivity index (χ4v) is 2.79. The molecule has 102 valence electrons. The molecule has 0 N–H and O–H groups in total. The quantitative estimate of drug-likeness (QED) is 0.599. The topological polar surface area (TPSA) is 29.5 Å². The molecule has 0 radical (unpaired) electrons. The zero-order valence-corrected chi connectivity index (χ0v) is 13.4. The van der Waals surface area contributed by atoms with Gasteiger partial charge in [0.15, 0.2) is 0 Å². The predicted molar refractivity (Wildman–Crippen MR) is 85.4 cm³/mol. The first-order chi connectivity index (χ1) is 9.17. The maximum Gasteiger partial charge on any atom is 0.240 e. The average Bonchev–Trinajstić information content (AvgIpc) is 2.43. The van der Waals surface area contributed by atoms with Gasteiger partial charge in [-0.15, -0.1) is 0 Å². The number of halogens is 1. The van der Waals surface area contributed by atoms with Crippen molar-refractivity contribution in [1.29, 1.82) is 0 Å². The molecule has 1 aromatic rings. The van der Waals surface area contributed by atoms with Crippen LogP contribution in [0.5, 0.6) is 5.75 Å². The standard InChI is InChI=1S/C15H18INO2/c1-3-17-14(10-9-13(16)15(17)18)11-5-7-12(8-6-11)19-4-2/h5-8,10,13H,3-4,9H2,1-2H3. The number of allylic oxidation sites excluding steroid dienone is 1. The molecule has 0 spiro atoms. The van der Waals surface area contributed by atoms with Gasteiger partial charge in [-0.25, -0.2) is 0 Å². The highest BCUT2D eigenvalue weighted by Crippen LogP contribution is 2.29. The van der Waals surface area contributed by atoms with E-state index >= 15 is 0 Å². The lowest BCUT2D eigenvalue weighted by Gasteiger charge is -2.30. The highest BCUT2D eigenvalue weighted by Gasteiger charge is 2.27. The number of rotatable bonds is 4. The molecule has 1 aromatic carbocycles. The molecule has 1 aliphatic rings. The summed E-state index contributed by atoms with van der Waals surface area (Å²) in [4.78, 5) is 14.0. The third-order valence-electron chi connectivity index (χ3n) is 3.12. The van der Waals surface area contributed by atoms with Gasteiger partial charge in [-0.3, -0.25) is 4.79 Å². The van der Waals surface area contributed by atoms with Gasteiger partial charge in [-0.2, -0.15) is 0 Å². The summed E-state index contributed by atoms with van der Waals surface area (Å²) in [5, 5.41) is 0. The molecule has 1 unspecified atom stereocenters. The van der Waals surface area contributed by atoms with Gasteiger partial charge in [0.25, 0.3) is 0 Å². The Hall–Kier alpha value is -1.04. The van der Waals surface area contributed by atoms with Crippen LogP contribution >= 0.6 is 22.6 Å². The van der Waals surface area contributed by atoms with Gasteiger partial charge in [0.1, 0.15) is 5.75 Å². The van der Waals surface area contributed by atoms with Crippen LogP contribution in [0.2, 0.25) is 0 Å². The fourth-order valence-electron chi connectivity index (χ4n) is 2.20. The molecule has 0 saturated carbocycles. The Balaban J connectivity index is 2.27. The number of carbonyl (C=O) groups is 1. The minimum atomic E-state index is 0.0593. The van der Waals surface area contributed by atoms with E-state index in [1.54, 1.807) is 0 Å². The molecule has 0 saturated heterocycles. The van der Waals surface area contributed by atoms with Crippen molar-refractivity contribution in [2.45, 2.75) is 24.2 Å². The van der Waals surface area contributed by atoms with Crippen LogP contribution < -0.4 is 4.74 Å². The molecule has 2 rings (SSSR count). The molecule has 1 heterocycles. The van der Waals surface area contributed by atoms with Crippen LogP contribution in [0, 0.1) is 0 Å². The molecule has 0 aromatic heterocycles. The van der Waals surface area contributed by atoms with Crippen molar-refractivity contribution in [2.75, 3.05) is 13.2 Å². The molecule has 1 amide bonds. The summed E-state index contributed by atoms with van der Waals surface area (Å²) in [7, 11) is 0. The molecule has 1 aliphatic heterocycles. The van der Waals surface area contributed by atoms with E-state index in [4.69, 9.17) is 4.74 Å². The summed E-state index contributed by atoms with van der Waals surface area (Å²) >= 11 is 2.21. The Morgan fingerprint density at radius 1 is 1.32 bits per heavy atom. The molecular formula is C15H18INO2. The Morgan fingerprint density at radius 2 is 2.00 bits per heavy atom. The summed E-state index contributed by atoms with van der Waals surface area (Å²) in [6, 6.07) is 7.93. The van der Waals surface area contributed by atoms with E-state index in [-0.39, 0.29) is 9.83 Å². The lowest BCUT2D eigenvalue weighted by Crippen LogP contribution is -2.37. The van der Waals surface area contributed by atoms with Gasteiger partial charge in [-0.1, -0.05) is 28.7 Å². The van der Waals surface area contributed by atoms with E-state index in [0.29, 0.717) is 13.2 Å². The van der Waals surface area contributed by atoms with Crippen molar-refractivity contribution >= 4 is 34.2 Å². The van der Waals surface area contributed by atoms with Crippen LogP contribution in [0.4, 0.5) is 0 Å².